The Morgan fingerprint density at radius 3 is 2.77 bits per heavy atom. The molecule has 0 bridgehead atoms. The zero-order chi connectivity index (χ0) is 16.1. The molecule has 22 heavy (non-hydrogen) atoms. The fraction of sp³-hybridized carbons (Fsp3) is 0.133. The molecule has 2 rings (SSSR count). The summed E-state index contributed by atoms with van der Waals surface area (Å²) < 4.78 is 6.60. The second kappa shape index (κ2) is 7.04. The molecule has 6 nitrogen and oxygen atoms in total. The van der Waals surface area contributed by atoms with Gasteiger partial charge in [-0.05, 0) is 40.2 Å². The van der Waals surface area contributed by atoms with Crippen LogP contribution in [0.3, 0.4) is 0 Å². The van der Waals surface area contributed by atoms with Crippen molar-refractivity contribution in [3.8, 4) is 0 Å². The SMILES string of the molecule is COC(=O)c1cccc(NC(=O)Cn2cc(Br)ccc2=O)c1. The Morgan fingerprint density at radius 2 is 2.05 bits per heavy atom. The van der Waals surface area contributed by atoms with Gasteiger partial charge in [-0.2, -0.15) is 0 Å². The number of pyridine rings is 1. The van der Waals surface area contributed by atoms with E-state index in [2.05, 4.69) is 26.0 Å². The number of rotatable bonds is 4. The Balaban J connectivity index is 2.11. The highest BCUT2D eigenvalue weighted by atomic mass is 79.9. The van der Waals surface area contributed by atoms with Crippen LogP contribution in [0, 0.1) is 0 Å². The number of nitrogens with zero attached hydrogens (tertiary/aromatic N) is 1. The summed E-state index contributed by atoms with van der Waals surface area (Å²) in [6.45, 7) is -0.124. The van der Waals surface area contributed by atoms with Crippen molar-refractivity contribution in [2.24, 2.45) is 0 Å². The lowest BCUT2D eigenvalue weighted by atomic mass is 10.2. The van der Waals surface area contributed by atoms with Gasteiger partial charge in [0, 0.05) is 22.4 Å². The molecule has 1 N–H and O–H groups in total. The van der Waals surface area contributed by atoms with Crippen LogP contribution in [0.2, 0.25) is 0 Å². The molecule has 0 radical (unpaired) electrons. The minimum atomic E-state index is -0.487. The second-order valence-electron chi connectivity index (χ2n) is 4.43. The number of esters is 1. The molecule has 1 amide bonds. The Labute approximate surface area is 134 Å². The molecular formula is C15H13BrN2O4. The van der Waals surface area contributed by atoms with Crippen LogP contribution in [0.5, 0.6) is 0 Å². The number of halogens is 1. The number of benzene rings is 1. The van der Waals surface area contributed by atoms with Gasteiger partial charge in [0.05, 0.1) is 12.7 Å². The summed E-state index contributed by atoms with van der Waals surface area (Å²) in [7, 11) is 1.28. The molecule has 1 aromatic heterocycles. The van der Waals surface area contributed by atoms with Gasteiger partial charge in [0.25, 0.3) is 5.56 Å². The van der Waals surface area contributed by atoms with E-state index in [0.29, 0.717) is 15.7 Å². The van der Waals surface area contributed by atoms with E-state index in [1.807, 2.05) is 0 Å². The lowest BCUT2D eigenvalue weighted by Gasteiger charge is -2.08. The van der Waals surface area contributed by atoms with Gasteiger partial charge in [-0.15, -0.1) is 0 Å². The first-order valence-electron chi connectivity index (χ1n) is 6.34. The number of nitrogens with one attached hydrogen (secondary N) is 1. The normalized spacial score (nSPS) is 10.1. The maximum Gasteiger partial charge on any atom is 0.337 e. The monoisotopic (exact) mass is 364 g/mol. The third kappa shape index (κ3) is 4.05. The maximum atomic E-state index is 12.0. The van der Waals surface area contributed by atoms with Crippen molar-refractivity contribution >= 4 is 33.5 Å². The number of ether oxygens (including phenoxy) is 1. The van der Waals surface area contributed by atoms with E-state index >= 15 is 0 Å². The van der Waals surface area contributed by atoms with E-state index in [9.17, 15) is 14.4 Å². The fourth-order valence-electron chi connectivity index (χ4n) is 1.82. The molecule has 0 aliphatic heterocycles. The predicted octanol–water partition coefficient (Wildman–Crippen LogP) is 2.04. The Kier molecular flexibility index (Phi) is 5.11. The highest BCUT2D eigenvalue weighted by Crippen LogP contribution is 2.12. The van der Waals surface area contributed by atoms with Gasteiger partial charge in [0.1, 0.15) is 6.54 Å². The van der Waals surface area contributed by atoms with Crippen LogP contribution in [-0.4, -0.2) is 23.6 Å². The molecule has 0 saturated heterocycles. The van der Waals surface area contributed by atoms with Crippen molar-refractivity contribution in [3.05, 3.63) is 63.0 Å². The standard InChI is InChI=1S/C15H13BrN2O4/c1-22-15(21)10-3-2-4-12(7-10)17-13(19)9-18-8-11(16)5-6-14(18)20/h2-8H,9H2,1H3,(H,17,19). The second-order valence-corrected chi connectivity index (χ2v) is 5.35. The van der Waals surface area contributed by atoms with Crippen LogP contribution >= 0.6 is 15.9 Å². The van der Waals surface area contributed by atoms with Crippen LogP contribution < -0.4 is 10.9 Å². The third-order valence-electron chi connectivity index (χ3n) is 2.83. The summed E-state index contributed by atoms with van der Waals surface area (Å²) in [6, 6.07) is 9.35. The van der Waals surface area contributed by atoms with Crippen LogP contribution in [0.25, 0.3) is 0 Å². The topological polar surface area (TPSA) is 77.4 Å². The molecule has 0 saturated carbocycles. The number of aromatic nitrogens is 1. The molecule has 0 spiro atoms. The average molecular weight is 365 g/mol. The minimum absolute atomic E-state index is 0.124. The number of anilines is 1. The summed E-state index contributed by atoms with van der Waals surface area (Å²) in [5.74, 6) is -0.860. The number of amides is 1. The fourth-order valence-corrected chi connectivity index (χ4v) is 2.20. The highest BCUT2D eigenvalue weighted by molar-refractivity contribution is 9.10. The van der Waals surface area contributed by atoms with E-state index in [4.69, 9.17) is 0 Å². The first-order chi connectivity index (χ1) is 10.5. The van der Waals surface area contributed by atoms with Gasteiger partial charge < -0.3 is 14.6 Å². The van der Waals surface area contributed by atoms with E-state index in [1.165, 1.54) is 30.0 Å². The summed E-state index contributed by atoms with van der Waals surface area (Å²) in [4.78, 5) is 35.1. The first-order valence-corrected chi connectivity index (χ1v) is 7.13. The van der Waals surface area contributed by atoms with E-state index < -0.39 is 5.97 Å². The molecule has 0 atom stereocenters. The summed E-state index contributed by atoms with van der Waals surface area (Å²) in [6.07, 6.45) is 1.53. The molecule has 0 fully saturated rings. The lowest BCUT2D eigenvalue weighted by molar-refractivity contribution is -0.116. The zero-order valence-corrected chi connectivity index (χ0v) is 13.3. The van der Waals surface area contributed by atoms with Gasteiger partial charge in [-0.3, -0.25) is 9.59 Å². The van der Waals surface area contributed by atoms with Gasteiger partial charge >= 0.3 is 5.97 Å². The number of carbonyl (C=O) groups excluding carboxylic acids is 2. The van der Waals surface area contributed by atoms with Gasteiger partial charge in [0.2, 0.25) is 5.91 Å². The maximum absolute atomic E-state index is 12.0. The highest BCUT2D eigenvalue weighted by Gasteiger charge is 2.09. The molecule has 2 aromatic rings. The van der Waals surface area contributed by atoms with Crippen LogP contribution in [0.4, 0.5) is 5.69 Å². The number of hydrogen-bond donors (Lipinski definition) is 1. The molecule has 0 aliphatic rings. The number of hydrogen-bond acceptors (Lipinski definition) is 4. The molecule has 7 heteroatoms. The van der Waals surface area contributed by atoms with E-state index in [1.54, 1.807) is 24.3 Å². The molecular weight excluding hydrogens is 352 g/mol. The summed E-state index contributed by atoms with van der Waals surface area (Å²) in [5.41, 5.74) is 0.512. The van der Waals surface area contributed by atoms with Crippen molar-refractivity contribution in [1.29, 1.82) is 0 Å². The van der Waals surface area contributed by atoms with Crippen molar-refractivity contribution in [2.45, 2.75) is 6.54 Å². The lowest BCUT2D eigenvalue weighted by Crippen LogP contribution is -2.26. The molecule has 0 unspecified atom stereocenters. The predicted molar refractivity (Wildman–Crippen MR) is 84.8 cm³/mol. The Bertz CT molecular complexity index is 770. The van der Waals surface area contributed by atoms with E-state index in [-0.39, 0.29) is 18.0 Å². The molecule has 1 aromatic carbocycles. The largest absolute Gasteiger partial charge is 0.465 e. The van der Waals surface area contributed by atoms with Crippen LogP contribution in [0.1, 0.15) is 10.4 Å². The third-order valence-corrected chi connectivity index (χ3v) is 3.30. The van der Waals surface area contributed by atoms with E-state index in [0.717, 1.165) is 0 Å². The van der Waals surface area contributed by atoms with Gasteiger partial charge in [-0.25, -0.2) is 4.79 Å². The average Bonchev–Trinajstić information content (AvgIpc) is 2.50. The van der Waals surface area contributed by atoms with Crippen molar-refractivity contribution in [3.63, 3.8) is 0 Å². The quantitative estimate of drug-likeness (QED) is 0.842. The minimum Gasteiger partial charge on any atom is -0.465 e. The Morgan fingerprint density at radius 1 is 1.27 bits per heavy atom. The van der Waals surface area contributed by atoms with Crippen molar-refractivity contribution < 1.29 is 14.3 Å². The van der Waals surface area contributed by atoms with Crippen molar-refractivity contribution in [2.75, 3.05) is 12.4 Å². The summed E-state index contributed by atoms with van der Waals surface area (Å²) in [5, 5.41) is 2.63. The van der Waals surface area contributed by atoms with Crippen LogP contribution in [0.15, 0.2) is 51.9 Å². The molecule has 114 valence electrons. The molecule has 1 heterocycles. The van der Waals surface area contributed by atoms with Gasteiger partial charge in [-0.1, -0.05) is 6.07 Å². The van der Waals surface area contributed by atoms with Crippen LogP contribution in [-0.2, 0) is 16.1 Å². The number of carbonyl (C=O) groups is 2. The molecule has 0 aliphatic carbocycles. The van der Waals surface area contributed by atoms with Crippen molar-refractivity contribution in [1.82, 2.24) is 4.57 Å². The summed E-state index contributed by atoms with van der Waals surface area (Å²) >= 11 is 3.24. The number of methoxy groups -OCH3 is 1. The Hall–Kier alpha value is -2.41. The first kappa shape index (κ1) is 16.0. The van der Waals surface area contributed by atoms with Gasteiger partial charge in [0.15, 0.2) is 0 Å². The zero-order valence-electron chi connectivity index (χ0n) is 11.7. The smallest absolute Gasteiger partial charge is 0.337 e.